The Morgan fingerprint density at radius 3 is 1.54 bits per heavy atom. The molecule has 0 saturated carbocycles. The number of aromatic nitrogens is 9. The van der Waals surface area contributed by atoms with Gasteiger partial charge in [-0.2, -0.15) is 26.0 Å². The predicted molar refractivity (Wildman–Crippen MR) is 435 cm³/mol. The first-order chi connectivity index (χ1) is 53.1. The van der Waals surface area contributed by atoms with Gasteiger partial charge in [-0.25, -0.2) is 29.1 Å². The first-order valence-corrected chi connectivity index (χ1v) is 37.9. The number of halogens is 7. The number of rotatable bonds is 16. The van der Waals surface area contributed by atoms with Gasteiger partial charge in [-0.3, -0.25) is 28.1 Å². The molecule has 598 valence electrons. The number of quaternary nitrogens is 1. The zero-order valence-corrected chi connectivity index (χ0v) is 71.8. The molecule has 1 amide bonds. The number of nitriles is 3. The largest absolute Gasteiger partial charge is 1.00 e. The van der Waals surface area contributed by atoms with Crippen molar-refractivity contribution in [2.45, 2.75) is 78.3 Å². The van der Waals surface area contributed by atoms with E-state index in [2.05, 4.69) is 76.4 Å². The fourth-order valence-electron chi connectivity index (χ4n) is 8.96. The van der Waals surface area contributed by atoms with Gasteiger partial charge in [0.25, 0.3) is 22.3 Å². The van der Waals surface area contributed by atoms with Crippen LogP contribution < -0.4 is 80.6 Å². The molecule has 0 saturated heterocycles. The van der Waals surface area contributed by atoms with Crippen molar-refractivity contribution < 1.29 is 94.1 Å². The molecule has 0 radical (unpaired) electrons. The average Bonchev–Trinajstić information content (AvgIpc) is 1.80. The van der Waals surface area contributed by atoms with Crippen molar-refractivity contribution in [1.82, 2.24) is 43.5 Å². The van der Waals surface area contributed by atoms with Crippen LogP contribution in [0.15, 0.2) is 231 Å². The molecule has 9 heterocycles. The summed E-state index contributed by atoms with van der Waals surface area (Å²) in [5, 5.41) is 46.0. The summed E-state index contributed by atoms with van der Waals surface area (Å²) >= 11 is 31.3. The number of nitrogens with one attached hydrogen (secondary N) is 3. The number of carbonyl (C=O) groups excluding carboxylic acids is 4. The molecule has 9 aromatic heterocycles. The van der Waals surface area contributed by atoms with Crippen LogP contribution in [-0.4, -0.2) is 127 Å². The summed E-state index contributed by atoms with van der Waals surface area (Å²) in [6.45, 7) is 22.1. The molecule has 1 unspecified atom stereocenters. The molecule has 12 aromatic rings. The molecule has 36 heteroatoms. The van der Waals surface area contributed by atoms with Crippen molar-refractivity contribution >= 4 is 127 Å². The number of amides is 1. The molecule has 0 bridgehead atoms. The number of hydrogen-bond acceptors (Lipinski definition) is 18. The maximum Gasteiger partial charge on any atom is 1.00 e. The molecular weight excluding hydrogens is 1630 g/mol. The van der Waals surface area contributed by atoms with Crippen LogP contribution in [-0.2, 0) is 34.7 Å². The molecule has 3 aromatic carbocycles. The van der Waals surface area contributed by atoms with Gasteiger partial charge in [0.05, 0.1) is 96.0 Å². The molecule has 0 fully saturated rings. The van der Waals surface area contributed by atoms with E-state index < -0.39 is 22.3 Å². The summed E-state index contributed by atoms with van der Waals surface area (Å²) in [5.74, 6) is 9.34. The first kappa shape index (κ1) is 104. The summed E-state index contributed by atoms with van der Waals surface area (Å²) in [7, 11) is -3.13. The number of nitrogen functional groups attached to an aromatic ring is 1. The summed E-state index contributed by atoms with van der Waals surface area (Å²) in [5.41, 5.74) is 9.91. The number of nitrogens with zero attached hydrogens (tertiary/aromatic N) is 10. The second-order valence-corrected chi connectivity index (χ2v) is 27.7. The minimum absolute atomic E-state index is 0. The number of carbonyl (C=O) groups is 4. The average molecular weight is 1720 g/mol. The van der Waals surface area contributed by atoms with Crippen LogP contribution in [0.5, 0.6) is 0 Å². The number of primary amides is 1. The zero-order valence-electron chi connectivity index (χ0n) is 63.6. The molecule has 9 N–H and O–H groups in total. The van der Waals surface area contributed by atoms with E-state index in [0.29, 0.717) is 74.9 Å². The van der Waals surface area contributed by atoms with E-state index in [0.717, 1.165) is 5.52 Å². The van der Waals surface area contributed by atoms with Crippen LogP contribution in [0.2, 0.25) is 10.0 Å². The Labute approximate surface area is 714 Å². The van der Waals surface area contributed by atoms with E-state index >= 15 is 0 Å². The third-order valence-corrected chi connectivity index (χ3v) is 18.8. The van der Waals surface area contributed by atoms with Crippen molar-refractivity contribution in [2.24, 2.45) is 11.6 Å². The van der Waals surface area contributed by atoms with Crippen molar-refractivity contribution in [3.8, 4) is 18.2 Å². The topological polar surface area (TPSA) is 403 Å². The Bertz CT molecular complexity index is 4820. The molecule has 27 nitrogen and oxygen atoms in total. The van der Waals surface area contributed by atoms with E-state index in [1.807, 2.05) is 105 Å². The Morgan fingerprint density at radius 2 is 1.12 bits per heavy atom. The van der Waals surface area contributed by atoms with Gasteiger partial charge in [0, 0.05) is 72.4 Å². The number of ether oxygens (including phenoxy) is 3. The maximum absolute atomic E-state index is 12.6. The number of alkyl halides is 3. The number of aromatic amines is 3. The summed E-state index contributed by atoms with van der Waals surface area (Å²) in [4.78, 5) is 59.5. The van der Waals surface area contributed by atoms with Gasteiger partial charge in [0.2, 0.25) is 5.43 Å². The van der Waals surface area contributed by atoms with Crippen LogP contribution in [0.1, 0.15) is 110 Å². The van der Waals surface area contributed by atoms with Gasteiger partial charge < -0.3 is 62.9 Å². The van der Waals surface area contributed by atoms with Gasteiger partial charge in [0.1, 0.15) is 41.2 Å². The van der Waals surface area contributed by atoms with Crippen LogP contribution in [0.3, 0.4) is 0 Å². The predicted octanol–water partition coefficient (Wildman–Crippen LogP) is 7.72. The molecule has 0 aliphatic carbocycles. The zero-order chi connectivity index (χ0) is 82.8. The van der Waals surface area contributed by atoms with Gasteiger partial charge >= 0.3 is 41.5 Å². The van der Waals surface area contributed by atoms with Crippen LogP contribution in [0.4, 0.5) is 0 Å². The number of hydrogen-bond donors (Lipinski definition) is 6. The van der Waals surface area contributed by atoms with Gasteiger partial charge in [0.15, 0.2) is 0 Å². The quantitative estimate of drug-likeness (QED) is 0.00787. The van der Waals surface area contributed by atoms with Crippen molar-refractivity contribution in [3.05, 3.63) is 280 Å². The van der Waals surface area contributed by atoms with E-state index in [4.69, 9.17) is 127 Å². The second kappa shape index (κ2) is 57.8. The molecule has 1 atom stereocenters. The fourth-order valence-corrected chi connectivity index (χ4v) is 11.2. The summed E-state index contributed by atoms with van der Waals surface area (Å²) in [6, 6.07) is 55.8. The van der Waals surface area contributed by atoms with Crippen LogP contribution in [0, 0.1) is 34.0 Å². The third kappa shape index (κ3) is 36.6. The van der Waals surface area contributed by atoms with Crippen molar-refractivity contribution in [3.63, 3.8) is 0 Å². The normalized spacial score (nSPS) is 10.2. The molecule has 113 heavy (non-hydrogen) atoms. The monoisotopic (exact) mass is 1710 g/mol. The van der Waals surface area contributed by atoms with Gasteiger partial charge in [-0.1, -0.05) is 132 Å². The third-order valence-electron chi connectivity index (χ3n) is 14.7. The minimum atomic E-state index is -3.13. The minimum Gasteiger partial charge on any atom is -1.00 e. The Balaban J connectivity index is 0.00000124. The number of benzene rings is 3. The van der Waals surface area contributed by atoms with E-state index in [9.17, 15) is 28.5 Å². The Morgan fingerprint density at radius 1 is 0.646 bits per heavy atom. The Hall–Kier alpha value is -9.22. The fraction of sp³-hybridized carbons (Fsp3) is 0.247. The summed E-state index contributed by atoms with van der Waals surface area (Å²) < 4.78 is 37.2. The van der Waals surface area contributed by atoms with Crippen molar-refractivity contribution in [1.29, 1.82) is 15.8 Å². The van der Waals surface area contributed by atoms with Crippen molar-refractivity contribution in [2.75, 3.05) is 51.9 Å². The second-order valence-electron chi connectivity index (χ2n) is 21.9. The number of H-pyrrole nitrogens is 3. The SMILES string of the molecule is CCOC(=O)c1ccc[nH]1.CCOC(=O)c1cccn1N.CCOC(C)CC#N.CC[N+](CC)(CC)Cc1ccccc1.CC[O-].N#Cc1c[nH]n2cccc2c1=O.N#Cc1cnn2cccc2c1Cl.NC(=O)c1cnn2cccc2c1Cl.NOP(=O)(c1ccccc1)c1ccccc1.O=C(Cl)C(Cl)(Cl)Cl.[Cl-].[Na+].c1cc[nH]c1. The maximum atomic E-state index is 12.6. The Kier molecular flexibility index (Phi) is 53.0. The molecule has 0 spiro atoms. The number of esters is 2. The van der Waals surface area contributed by atoms with E-state index in [1.54, 1.807) is 138 Å². The summed E-state index contributed by atoms with van der Waals surface area (Å²) in [6.07, 6.45) is 17.1. The number of nitrogens with two attached hydrogens (primary N) is 3. The molecule has 0 aliphatic rings. The standard InChI is InChI=1S/C13H22N.C12H12NO2P.C8H6ClN3O.C8H4ClN3.C8H5N3O.C7H10N2O2.C7H9NO2.C6H11NO.C4H5N.C2Cl4O.C2H5O.ClH.Na/c1-4-14(5-2,6-3)12-13-10-8-7-9-11-13;13-15-16(14,11-7-3-1-4-8-11)12-9-5-2-6-10-12;9-7-5(8(10)13)4-11-12-3-1-2-6(7)12;9-8-6(4-10)5-11-12-3-1-2-7(8)12;9-4-6-5-10-11-3-1-2-7(11)8(6)12;1-2-11-7(10)6-4-3-5-9(6)8;1-2-10-7(9)6-4-3-5-8-6;1-3-8-6(2)4-5-7;1-2-4-5-3-1;3-1(7)2(4,5)6;1-2-3;;/h7-11H,4-6,12H2,1-3H3;1-10H,13H2;1-4H,(H2,10,13);1-3,5H;1-3,5,10H;3-5H,2,8H2,1H3;3-5,8H,2H2,1H3;6H,3-4H2,1-2H3;1-5H;;2H2,1H3;1H;/q+1;;;;;;;;;;-1;;+1/p-1. The smallest absolute Gasteiger partial charge is 1.00 e. The van der Waals surface area contributed by atoms with Gasteiger partial charge in [-0.15, -0.1) is 6.61 Å². The first-order valence-electron chi connectivity index (χ1n) is 34.0. The molecule has 12 rings (SSSR count). The van der Waals surface area contributed by atoms with E-state index in [-0.39, 0.29) is 83.2 Å². The van der Waals surface area contributed by atoms with Gasteiger partial charge in [-0.05, 0) is 157 Å². The number of fused-ring (bicyclic) bond motifs is 3. The van der Waals surface area contributed by atoms with Crippen LogP contribution in [0.25, 0.3) is 16.6 Å². The molecular formula is C77H89Cl7N16NaO11P. The van der Waals surface area contributed by atoms with E-state index in [1.165, 1.54) is 59.5 Å². The van der Waals surface area contributed by atoms with Crippen LogP contribution >= 0.6 is 77.0 Å². The molecule has 0 aliphatic heterocycles.